The first-order chi connectivity index (χ1) is 11.8. The van der Waals surface area contributed by atoms with E-state index in [1.54, 1.807) is 0 Å². The van der Waals surface area contributed by atoms with Gasteiger partial charge in [0.05, 0.1) is 0 Å². The Morgan fingerprint density at radius 2 is 1.83 bits per heavy atom. The molecule has 0 aliphatic carbocycles. The van der Waals surface area contributed by atoms with Crippen molar-refractivity contribution in [1.82, 2.24) is 10.3 Å². The second kappa shape index (κ2) is 6.62. The summed E-state index contributed by atoms with van der Waals surface area (Å²) in [6.07, 6.45) is 4.92. The minimum atomic E-state index is 0.346. The normalized spacial score (nSPS) is 18.9. The monoisotopic (exact) mass is 317 g/mol. The summed E-state index contributed by atoms with van der Waals surface area (Å²) in [7, 11) is 0. The van der Waals surface area contributed by atoms with Crippen LogP contribution in [-0.2, 0) is 0 Å². The van der Waals surface area contributed by atoms with Gasteiger partial charge in [0.2, 0.25) is 0 Å². The number of pyridine rings is 1. The molecule has 2 aromatic carbocycles. The van der Waals surface area contributed by atoms with Gasteiger partial charge in [0, 0.05) is 43.3 Å². The first-order valence-corrected chi connectivity index (χ1v) is 8.70. The van der Waals surface area contributed by atoms with E-state index in [1.807, 2.05) is 12.4 Å². The third-order valence-corrected chi connectivity index (χ3v) is 4.99. The maximum absolute atomic E-state index is 4.11. The summed E-state index contributed by atoms with van der Waals surface area (Å²) in [6, 6.07) is 20.3. The Hall–Kier alpha value is -2.39. The molecular weight excluding hydrogens is 294 g/mol. The molecule has 1 fully saturated rings. The minimum Gasteiger partial charge on any atom is -0.370 e. The zero-order valence-corrected chi connectivity index (χ0v) is 14.0. The average molecular weight is 317 g/mol. The fourth-order valence-corrected chi connectivity index (χ4v) is 3.76. The summed E-state index contributed by atoms with van der Waals surface area (Å²) in [4.78, 5) is 6.55. The molecule has 24 heavy (non-hydrogen) atoms. The summed E-state index contributed by atoms with van der Waals surface area (Å²) in [6.45, 7) is 4.43. The number of benzene rings is 2. The second-order valence-electron chi connectivity index (χ2n) is 6.59. The van der Waals surface area contributed by atoms with Crippen LogP contribution in [0.3, 0.4) is 0 Å². The maximum atomic E-state index is 4.11. The third-order valence-electron chi connectivity index (χ3n) is 4.99. The molecule has 0 bridgehead atoms. The standard InChI is InChI=1S/C21H23N3/c1-16(20-8-4-6-17-5-2-3-7-21(17)20)23-18-11-14-24(15-18)19-9-12-22-13-10-19/h2-10,12-13,16,18,23H,11,14-15H2,1H3/t16-,18+/m1/s1. The Balaban J connectivity index is 1.48. The summed E-state index contributed by atoms with van der Waals surface area (Å²) in [5, 5.41) is 6.49. The Morgan fingerprint density at radius 1 is 1.04 bits per heavy atom. The predicted molar refractivity (Wildman–Crippen MR) is 100 cm³/mol. The molecule has 0 radical (unpaired) electrons. The molecule has 122 valence electrons. The Morgan fingerprint density at radius 3 is 2.71 bits per heavy atom. The van der Waals surface area contributed by atoms with E-state index in [-0.39, 0.29) is 0 Å². The van der Waals surface area contributed by atoms with E-state index in [2.05, 4.69) is 76.7 Å². The van der Waals surface area contributed by atoms with Crippen molar-refractivity contribution in [3.05, 3.63) is 72.6 Å². The molecule has 1 N–H and O–H groups in total. The molecule has 3 heteroatoms. The van der Waals surface area contributed by atoms with E-state index in [4.69, 9.17) is 0 Å². The number of anilines is 1. The second-order valence-corrected chi connectivity index (χ2v) is 6.59. The molecule has 0 saturated carbocycles. The van der Waals surface area contributed by atoms with Crippen LogP contribution in [0.15, 0.2) is 67.0 Å². The van der Waals surface area contributed by atoms with Crippen LogP contribution in [0.5, 0.6) is 0 Å². The smallest absolute Gasteiger partial charge is 0.0397 e. The predicted octanol–water partition coefficient (Wildman–Crippen LogP) is 4.16. The van der Waals surface area contributed by atoms with E-state index < -0.39 is 0 Å². The molecule has 1 aliphatic rings. The van der Waals surface area contributed by atoms with E-state index >= 15 is 0 Å². The van der Waals surface area contributed by atoms with Gasteiger partial charge >= 0.3 is 0 Å². The number of rotatable bonds is 4. The van der Waals surface area contributed by atoms with Crippen molar-refractivity contribution in [2.45, 2.75) is 25.4 Å². The molecule has 0 unspecified atom stereocenters. The van der Waals surface area contributed by atoms with Crippen LogP contribution in [0.1, 0.15) is 24.9 Å². The SMILES string of the molecule is C[C@@H](N[C@H]1CCN(c2ccncc2)C1)c1cccc2ccccc12. The lowest BCUT2D eigenvalue weighted by Gasteiger charge is -2.22. The van der Waals surface area contributed by atoms with Crippen molar-refractivity contribution >= 4 is 16.5 Å². The van der Waals surface area contributed by atoms with Crippen molar-refractivity contribution in [3.8, 4) is 0 Å². The van der Waals surface area contributed by atoms with Gasteiger partial charge < -0.3 is 10.2 Å². The number of hydrogen-bond donors (Lipinski definition) is 1. The zero-order valence-electron chi connectivity index (χ0n) is 14.0. The van der Waals surface area contributed by atoms with Gasteiger partial charge in [0.25, 0.3) is 0 Å². The minimum absolute atomic E-state index is 0.346. The Kier molecular flexibility index (Phi) is 4.18. The molecule has 0 amide bonds. The fourth-order valence-electron chi connectivity index (χ4n) is 3.76. The van der Waals surface area contributed by atoms with Gasteiger partial charge in [-0.25, -0.2) is 0 Å². The number of fused-ring (bicyclic) bond motifs is 1. The van der Waals surface area contributed by atoms with Gasteiger partial charge in [-0.05, 0) is 41.8 Å². The Bertz CT molecular complexity index is 810. The highest BCUT2D eigenvalue weighted by Gasteiger charge is 2.24. The molecular formula is C21H23N3. The molecule has 1 aliphatic heterocycles. The fraction of sp³-hybridized carbons (Fsp3) is 0.286. The van der Waals surface area contributed by atoms with Gasteiger partial charge in [-0.15, -0.1) is 0 Å². The van der Waals surface area contributed by atoms with Crippen molar-refractivity contribution in [3.63, 3.8) is 0 Å². The van der Waals surface area contributed by atoms with E-state index in [1.165, 1.54) is 28.4 Å². The molecule has 4 rings (SSSR count). The van der Waals surface area contributed by atoms with Gasteiger partial charge in [0.1, 0.15) is 0 Å². The van der Waals surface area contributed by atoms with Crippen molar-refractivity contribution in [2.24, 2.45) is 0 Å². The van der Waals surface area contributed by atoms with Crippen LogP contribution in [-0.4, -0.2) is 24.1 Å². The molecule has 3 aromatic rings. The first kappa shape index (κ1) is 15.2. The van der Waals surface area contributed by atoms with Crippen LogP contribution in [0.2, 0.25) is 0 Å². The summed E-state index contributed by atoms with van der Waals surface area (Å²) in [5.41, 5.74) is 2.66. The molecule has 3 nitrogen and oxygen atoms in total. The van der Waals surface area contributed by atoms with Crippen molar-refractivity contribution in [1.29, 1.82) is 0 Å². The lowest BCUT2D eigenvalue weighted by molar-refractivity contribution is 0.483. The molecule has 2 atom stereocenters. The number of hydrogen-bond acceptors (Lipinski definition) is 3. The van der Waals surface area contributed by atoms with Crippen molar-refractivity contribution in [2.75, 3.05) is 18.0 Å². The number of nitrogens with one attached hydrogen (secondary N) is 1. The third kappa shape index (κ3) is 3.00. The summed E-state index contributed by atoms with van der Waals surface area (Å²) in [5.74, 6) is 0. The van der Waals surface area contributed by atoms with Crippen LogP contribution in [0.4, 0.5) is 5.69 Å². The highest BCUT2D eigenvalue weighted by molar-refractivity contribution is 5.86. The lowest BCUT2D eigenvalue weighted by atomic mass is 9.99. The lowest BCUT2D eigenvalue weighted by Crippen LogP contribution is -2.34. The highest BCUT2D eigenvalue weighted by atomic mass is 15.2. The van der Waals surface area contributed by atoms with Crippen LogP contribution < -0.4 is 10.2 Å². The Labute approximate surface area is 143 Å². The van der Waals surface area contributed by atoms with Gasteiger partial charge in [-0.2, -0.15) is 0 Å². The first-order valence-electron chi connectivity index (χ1n) is 8.70. The quantitative estimate of drug-likeness (QED) is 0.783. The number of nitrogens with zero attached hydrogens (tertiary/aromatic N) is 2. The molecule has 1 aromatic heterocycles. The van der Waals surface area contributed by atoms with E-state index in [0.29, 0.717) is 12.1 Å². The highest BCUT2D eigenvalue weighted by Crippen LogP contribution is 2.26. The maximum Gasteiger partial charge on any atom is 0.0397 e. The van der Waals surface area contributed by atoms with Crippen LogP contribution >= 0.6 is 0 Å². The number of aromatic nitrogens is 1. The summed E-state index contributed by atoms with van der Waals surface area (Å²) >= 11 is 0. The van der Waals surface area contributed by atoms with Gasteiger partial charge in [0.15, 0.2) is 0 Å². The van der Waals surface area contributed by atoms with Crippen LogP contribution in [0, 0.1) is 0 Å². The average Bonchev–Trinajstić information content (AvgIpc) is 3.10. The van der Waals surface area contributed by atoms with Crippen molar-refractivity contribution < 1.29 is 0 Å². The zero-order chi connectivity index (χ0) is 16.4. The van der Waals surface area contributed by atoms with Gasteiger partial charge in [-0.3, -0.25) is 4.98 Å². The van der Waals surface area contributed by atoms with E-state index in [0.717, 1.165) is 13.1 Å². The van der Waals surface area contributed by atoms with E-state index in [9.17, 15) is 0 Å². The van der Waals surface area contributed by atoms with Gasteiger partial charge in [-0.1, -0.05) is 42.5 Å². The largest absolute Gasteiger partial charge is 0.370 e. The molecule has 2 heterocycles. The topological polar surface area (TPSA) is 28.2 Å². The molecule has 1 saturated heterocycles. The molecule has 0 spiro atoms. The summed E-state index contributed by atoms with van der Waals surface area (Å²) < 4.78 is 0. The van der Waals surface area contributed by atoms with Crippen LogP contribution in [0.25, 0.3) is 10.8 Å².